The Bertz CT molecular complexity index is 690. The minimum Gasteiger partial charge on any atom is -0.389 e. The van der Waals surface area contributed by atoms with Gasteiger partial charge in [-0.25, -0.2) is 4.79 Å². The SMILES string of the molecule is COCCN[C@@H]1[C@@H]2OC[C@H](O2)[C@@H](NC(=O)Nc2cccc(C(F)(F)F)c2)[C@@H]1O. The van der Waals surface area contributed by atoms with Crippen molar-refractivity contribution < 1.29 is 37.3 Å². The number of urea groups is 1. The average Bonchev–Trinajstić information content (AvgIpc) is 3.07. The first-order chi connectivity index (χ1) is 13.3. The van der Waals surface area contributed by atoms with Crippen LogP contribution in [0.1, 0.15) is 5.56 Å². The Morgan fingerprint density at radius 3 is 2.86 bits per heavy atom. The molecule has 11 heteroatoms. The maximum atomic E-state index is 12.8. The normalized spacial score (nSPS) is 29.5. The molecule has 0 radical (unpaired) electrons. The van der Waals surface area contributed by atoms with Gasteiger partial charge < -0.3 is 35.3 Å². The molecule has 2 aliphatic heterocycles. The van der Waals surface area contributed by atoms with Crippen molar-refractivity contribution in [2.75, 3.05) is 32.2 Å². The first kappa shape index (κ1) is 20.8. The number of aliphatic hydroxyl groups is 1. The van der Waals surface area contributed by atoms with E-state index in [9.17, 15) is 23.1 Å². The highest BCUT2D eigenvalue weighted by atomic mass is 19.4. The first-order valence-corrected chi connectivity index (χ1v) is 8.72. The Labute approximate surface area is 159 Å². The highest BCUT2D eigenvalue weighted by molar-refractivity contribution is 5.89. The van der Waals surface area contributed by atoms with Gasteiger partial charge in [0, 0.05) is 19.3 Å². The van der Waals surface area contributed by atoms with E-state index in [2.05, 4.69) is 16.0 Å². The lowest BCUT2D eigenvalue weighted by molar-refractivity contribution is -0.151. The van der Waals surface area contributed by atoms with Crippen molar-refractivity contribution in [3.63, 3.8) is 0 Å². The molecule has 8 nitrogen and oxygen atoms in total. The fourth-order valence-corrected chi connectivity index (χ4v) is 3.24. The van der Waals surface area contributed by atoms with Crippen LogP contribution in [0.5, 0.6) is 0 Å². The molecule has 0 unspecified atom stereocenters. The van der Waals surface area contributed by atoms with Crippen LogP contribution >= 0.6 is 0 Å². The molecule has 0 spiro atoms. The van der Waals surface area contributed by atoms with Crippen molar-refractivity contribution in [1.82, 2.24) is 10.6 Å². The smallest absolute Gasteiger partial charge is 0.389 e. The van der Waals surface area contributed by atoms with Crippen LogP contribution < -0.4 is 16.0 Å². The van der Waals surface area contributed by atoms with Crippen LogP contribution in [0.25, 0.3) is 0 Å². The minimum absolute atomic E-state index is 0.0196. The number of ether oxygens (including phenoxy) is 3. The number of fused-ring (bicyclic) bond motifs is 2. The molecule has 3 rings (SSSR count). The number of alkyl halides is 3. The zero-order valence-corrected chi connectivity index (χ0v) is 15.0. The second kappa shape index (κ2) is 8.62. The molecule has 1 aromatic carbocycles. The van der Waals surface area contributed by atoms with Crippen LogP contribution in [0.4, 0.5) is 23.7 Å². The van der Waals surface area contributed by atoms with Crippen LogP contribution in [0.2, 0.25) is 0 Å². The Kier molecular flexibility index (Phi) is 6.40. The Hall–Kier alpha value is -1.92. The van der Waals surface area contributed by atoms with E-state index in [0.29, 0.717) is 13.2 Å². The standard InChI is InChI=1S/C17H22F3N3O5/c1-26-6-5-21-13-14(24)12(11-8-27-15(13)28-11)23-16(25)22-10-4-2-3-9(7-10)17(18,19)20/h2-4,7,11-15,21,24H,5-6,8H2,1H3,(H2,22,23,25)/t11-,12+,13-,14-,15+/m0/s1. The van der Waals surface area contributed by atoms with Gasteiger partial charge in [-0.05, 0) is 18.2 Å². The van der Waals surface area contributed by atoms with Gasteiger partial charge >= 0.3 is 12.2 Å². The number of halogens is 3. The second-order valence-electron chi connectivity index (χ2n) is 6.54. The number of carbonyl (C=O) groups excluding carboxylic acids is 1. The summed E-state index contributed by atoms with van der Waals surface area (Å²) in [6, 6.07) is 2.13. The van der Waals surface area contributed by atoms with Crippen molar-refractivity contribution in [1.29, 1.82) is 0 Å². The lowest BCUT2D eigenvalue weighted by atomic mass is 9.96. The molecule has 2 amide bonds. The summed E-state index contributed by atoms with van der Waals surface area (Å²) < 4.78 is 54.5. The van der Waals surface area contributed by atoms with Crippen molar-refractivity contribution >= 4 is 11.7 Å². The molecule has 0 aromatic heterocycles. The second-order valence-corrected chi connectivity index (χ2v) is 6.54. The van der Waals surface area contributed by atoms with Gasteiger partial charge in [0.2, 0.25) is 0 Å². The highest BCUT2D eigenvalue weighted by Gasteiger charge is 2.50. The lowest BCUT2D eigenvalue weighted by Crippen LogP contribution is -2.65. The molecule has 0 aliphatic carbocycles. The molecule has 5 atom stereocenters. The third kappa shape index (κ3) is 4.73. The topological polar surface area (TPSA) is 101 Å². The minimum atomic E-state index is -4.52. The van der Waals surface area contributed by atoms with E-state index in [1.807, 2.05) is 0 Å². The monoisotopic (exact) mass is 405 g/mol. The summed E-state index contributed by atoms with van der Waals surface area (Å²) in [6.07, 6.45) is -6.75. The molecule has 4 N–H and O–H groups in total. The predicted octanol–water partition coefficient (Wildman–Crippen LogP) is 0.916. The molecule has 2 heterocycles. The van der Waals surface area contributed by atoms with Gasteiger partial charge in [-0.2, -0.15) is 13.2 Å². The van der Waals surface area contributed by atoms with Crippen LogP contribution in [0.3, 0.4) is 0 Å². The maximum absolute atomic E-state index is 12.8. The summed E-state index contributed by atoms with van der Waals surface area (Å²) in [5.41, 5.74) is -0.894. The zero-order chi connectivity index (χ0) is 20.3. The zero-order valence-electron chi connectivity index (χ0n) is 15.0. The molecule has 0 saturated carbocycles. The molecule has 28 heavy (non-hydrogen) atoms. The molecule has 2 bridgehead atoms. The van der Waals surface area contributed by atoms with Crippen molar-refractivity contribution in [3.05, 3.63) is 29.8 Å². The van der Waals surface area contributed by atoms with E-state index < -0.39 is 48.4 Å². The Morgan fingerprint density at radius 1 is 1.36 bits per heavy atom. The van der Waals surface area contributed by atoms with Gasteiger partial charge in [0.05, 0.1) is 37.0 Å². The van der Waals surface area contributed by atoms with Crippen molar-refractivity contribution in [3.8, 4) is 0 Å². The number of hydrogen-bond donors (Lipinski definition) is 4. The first-order valence-electron chi connectivity index (χ1n) is 8.72. The molecule has 156 valence electrons. The molecular weight excluding hydrogens is 383 g/mol. The third-order valence-electron chi connectivity index (χ3n) is 4.60. The quantitative estimate of drug-likeness (QED) is 0.525. The van der Waals surface area contributed by atoms with E-state index in [1.54, 1.807) is 7.11 Å². The summed E-state index contributed by atoms with van der Waals surface area (Å²) in [5.74, 6) is 0. The molecule has 2 fully saturated rings. The highest BCUT2D eigenvalue weighted by Crippen LogP contribution is 2.31. The number of anilines is 1. The number of amides is 2. The number of aliphatic hydroxyl groups excluding tert-OH is 1. The fourth-order valence-electron chi connectivity index (χ4n) is 3.24. The van der Waals surface area contributed by atoms with E-state index in [1.165, 1.54) is 12.1 Å². The largest absolute Gasteiger partial charge is 0.416 e. The van der Waals surface area contributed by atoms with Gasteiger partial charge in [0.1, 0.15) is 6.10 Å². The van der Waals surface area contributed by atoms with E-state index in [4.69, 9.17) is 14.2 Å². The molecule has 2 saturated heterocycles. The van der Waals surface area contributed by atoms with Crippen LogP contribution in [0.15, 0.2) is 24.3 Å². The number of carbonyl (C=O) groups is 1. The predicted molar refractivity (Wildman–Crippen MR) is 91.7 cm³/mol. The van der Waals surface area contributed by atoms with Gasteiger partial charge in [-0.3, -0.25) is 0 Å². The van der Waals surface area contributed by atoms with Crippen molar-refractivity contribution in [2.45, 2.75) is 36.8 Å². The van der Waals surface area contributed by atoms with Gasteiger partial charge in [-0.15, -0.1) is 0 Å². The number of hydrogen-bond acceptors (Lipinski definition) is 6. The number of nitrogens with one attached hydrogen (secondary N) is 3. The van der Waals surface area contributed by atoms with E-state index in [-0.39, 0.29) is 12.3 Å². The Morgan fingerprint density at radius 2 is 2.14 bits per heavy atom. The fraction of sp³-hybridized carbons (Fsp3) is 0.588. The van der Waals surface area contributed by atoms with E-state index >= 15 is 0 Å². The molecular formula is C17H22F3N3O5. The summed E-state index contributed by atoms with van der Waals surface area (Å²) >= 11 is 0. The number of rotatable bonds is 6. The maximum Gasteiger partial charge on any atom is 0.416 e. The van der Waals surface area contributed by atoms with Crippen LogP contribution in [-0.4, -0.2) is 68.6 Å². The average molecular weight is 405 g/mol. The van der Waals surface area contributed by atoms with Crippen molar-refractivity contribution in [2.24, 2.45) is 0 Å². The van der Waals surface area contributed by atoms with Gasteiger partial charge in [0.25, 0.3) is 0 Å². The summed E-state index contributed by atoms with van der Waals surface area (Å²) in [6.45, 7) is 1.03. The summed E-state index contributed by atoms with van der Waals surface area (Å²) in [7, 11) is 1.54. The lowest BCUT2D eigenvalue weighted by Gasteiger charge is -2.39. The Balaban J connectivity index is 1.63. The number of benzene rings is 1. The summed E-state index contributed by atoms with van der Waals surface area (Å²) in [5, 5.41) is 18.6. The molecule has 2 aliphatic rings. The van der Waals surface area contributed by atoms with Gasteiger partial charge in [-0.1, -0.05) is 6.07 Å². The molecule has 1 aromatic rings. The van der Waals surface area contributed by atoms with E-state index in [0.717, 1.165) is 12.1 Å². The van der Waals surface area contributed by atoms with Crippen LogP contribution in [-0.2, 0) is 20.4 Å². The third-order valence-corrected chi connectivity index (χ3v) is 4.60. The number of methoxy groups -OCH3 is 1. The van der Waals surface area contributed by atoms with Crippen LogP contribution in [0, 0.1) is 0 Å². The van der Waals surface area contributed by atoms with Gasteiger partial charge in [0.15, 0.2) is 6.29 Å². The summed E-state index contributed by atoms with van der Waals surface area (Å²) in [4.78, 5) is 12.3.